The molecule has 1 aromatic heterocycles. The second-order valence-electron chi connectivity index (χ2n) is 3.86. The van der Waals surface area contributed by atoms with Gasteiger partial charge in [-0.3, -0.25) is 0 Å². The Bertz CT molecular complexity index is 628. The van der Waals surface area contributed by atoms with E-state index in [4.69, 9.17) is 41.2 Å². The van der Waals surface area contributed by atoms with Crippen molar-refractivity contribution in [2.45, 2.75) is 6.92 Å². The van der Waals surface area contributed by atoms with Crippen molar-refractivity contribution in [3.8, 4) is 0 Å². The van der Waals surface area contributed by atoms with E-state index in [2.05, 4.69) is 15.3 Å². The van der Waals surface area contributed by atoms with Crippen molar-refractivity contribution in [1.82, 2.24) is 9.97 Å². The molecule has 3 N–H and O–H groups in total. The maximum absolute atomic E-state index is 6.12. The highest BCUT2D eigenvalue weighted by Gasteiger charge is 2.06. The van der Waals surface area contributed by atoms with Crippen molar-refractivity contribution in [1.29, 1.82) is 0 Å². The number of nitrogens with zero attached hydrogens (tertiary/aromatic N) is 2. The number of rotatable bonds is 3. The third kappa shape index (κ3) is 3.32. The molecule has 19 heavy (non-hydrogen) atoms. The number of thiocarbonyl (C=S) groups is 1. The normalized spacial score (nSPS) is 10.3. The van der Waals surface area contributed by atoms with Crippen LogP contribution < -0.4 is 11.1 Å². The second kappa shape index (κ2) is 5.69. The minimum Gasteiger partial charge on any atom is -0.388 e. The third-order valence-electron chi connectivity index (χ3n) is 2.42. The molecule has 0 bridgehead atoms. The van der Waals surface area contributed by atoms with Crippen LogP contribution in [-0.4, -0.2) is 15.0 Å². The van der Waals surface area contributed by atoms with E-state index in [0.29, 0.717) is 27.2 Å². The number of anilines is 2. The van der Waals surface area contributed by atoms with Gasteiger partial charge in [-0.05, 0) is 24.6 Å². The molecule has 2 aromatic rings. The second-order valence-corrected chi connectivity index (χ2v) is 5.11. The van der Waals surface area contributed by atoms with E-state index in [9.17, 15) is 0 Å². The Labute approximate surface area is 126 Å². The number of nitrogens with two attached hydrogens (primary N) is 1. The Morgan fingerprint density at radius 3 is 2.53 bits per heavy atom. The molecule has 0 atom stereocenters. The van der Waals surface area contributed by atoms with Crippen LogP contribution in [0.15, 0.2) is 24.5 Å². The highest BCUT2D eigenvalue weighted by atomic mass is 35.5. The first kappa shape index (κ1) is 14.0. The van der Waals surface area contributed by atoms with Gasteiger partial charge >= 0.3 is 0 Å². The van der Waals surface area contributed by atoms with Crippen molar-refractivity contribution < 1.29 is 0 Å². The van der Waals surface area contributed by atoms with Gasteiger partial charge in [0.1, 0.15) is 16.5 Å². The van der Waals surface area contributed by atoms with Gasteiger partial charge in [0, 0.05) is 5.02 Å². The fourth-order valence-electron chi connectivity index (χ4n) is 1.40. The zero-order chi connectivity index (χ0) is 14.0. The molecule has 0 aliphatic rings. The first-order chi connectivity index (χ1) is 8.97. The molecule has 98 valence electrons. The zero-order valence-corrected chi connectivity index (χ0v) is 12.3. The lowest BCUT2D eigenvalue weighted by molar-refractivity contribution is 1.18. The molecule has 0 saturated carbocycles. The molecule has 7 heteroatoms. The van der Waals surface area contributed by atoms with E-state index in [1.165, 1.54) is 12.4 Å². The van der Waals surface area contributed by atoms with Gasteiger partial charge in [0.15, 0.2) is 0 Å². The van der Waals surface area contributed by atoms with Gasteiger partial charge in [-0.1, -0.05) is 35.4 Å². The van der Waals surface area contributed by atoms with E-state index in [1.54, 1.807) is 12.1 Å². The quantitative estimate of drug-likeness (QED) is 0.850. The van der Waals surface area contributed by atoms with Crippen LogP contribution in [0.25, 0.3) is 0 Å². The Morgan fingerprint density at radius 1 is 1.21 bits per heavy atom. The average Bonchev–Trinajstić information content (AvgIpc) is 2.36. The number of benzene rings is 1. The summed E-state index contributed by atoms with van der Waals surface area (Å²) in [5, 5.41) is 4.21. The molecule has 0 spiro atoms. The first-order valence-electron chi connectivity index (χ1n) is 5.32. The lowest BCUT2D eigenvalue weighted by Crippen LogP contribution is -2.12. The van der Waals surface area contributed by atoms with Crippen LogP contribution in [0.2, 0.25) is 10.0 Å². The first-order valence-corrected chi connectivity index (χ1v) is 6.48. The van der Waals surface area contributed by atoms with E-state index in [0.717, 1.165) is 5.56 Å². The molecular weight excluding hydrogens is 303 g/mol. The van der Waals surface area contributed by atoms with Crippen LogP contribution in [0.3, 0.4) is 0 Å². The summed E-state index contributed by atoms with van der Waals surface area (Å²) < 4.78 is 0. The van der Waals surface area contributed by atoms with Crippen LogP contribution in [0.5, 0.6) is 0 Å². The summed E-state index contributed by atoms with van der Waals surface area (Å²) in [7, 11) is 0. The average molecular weight is 313 g/mol. The lowest BCUT2D eigenvalue weighted by Gasteiger charge is -2.09. The molecule has 0 fully saturated rings. The molecule has 4 nitrogen and oxygen atoms in total. The predicted octanol–water partition coefficient (Wildman–Crippen LogP) is 3.47. The molecular formula is C12H10Cl2N4S. The summed E-state index contributed by atoms with van der Waals surface area (Å²) in [6, 6.07) is 3.52. The zero-order valence-electron chi connectivity index (χ0n) is 9.95. The summed E-state index contributed by atoms with van der Waals surface area (Å²) in [5.41, 5.74) is 7.48. The molecule has 0 radical (unpaired) electrons. The van der Waals surface area contributed by atoms with Gasteiger partial charge in [0.25, 0.3) is 0 Å². The Morgan fingerprint density at radius 2 is 1.95 bits per heavy atom. The number of aromatic nitrogens is 2. The standard InChI is InChI=1S/C12H10Cl2N4S/c1-6-2-8(14)9(3-7(6)13)18-11-5-16-10(4-17-11)12(15)19/h2-5H,1H3,(H2,15,19)(H,17,18). The molecule has 2 rings (SSSR count). The van der Waals surface area contributed by atoms with Crippen molar-refractivity contribution in [3.05, 3.63) is 45.8 Å². The molecule has 1 aromatic carbocycles. The topological polar surface area (TPSA) is 63.8 Å². The van der Waals surface area contributed by atoms with Crippen molar-refractivity contribution in [2.75, 3.05) is 5.32 Å². The fourth-order valence-corrected chi connectivity index (χ4v) is 1.93. The summed E-state index contributed by atoms with van der Waals surface area (Å²) >= 11 is 17.0. The number of hydrogen-bond acceptors (Lipinski definition) is 4. The van der Waals surface area contributed by atoms with Crippen LogP contribution >= 0.6 is 35.4 Å². The summed E-state index contributed by atoms with van der Waals surface area (Å²) in [5.74, 6) is 0.529. The highest BCUT2D eigenvalue weighted by Crippen LogP contribution is 2.30. The van der Waals surface area contributed by atoms with Gasteiger partial charge in [-0.2, -0.15) is 0 Å². The lowest BCUT2D eigenvalue weighted by atomic mass is 10.2. The third-order valence-corrected chi connectivity index (χ3v) is 3.34. The smallest absolute Gasteiger partial charge is 0.148 e. The van der Waals surface area contributed by atoms with Crippen LogP contribution in [0, 0.1) is 6.92 Å². The van der Waals surface area contributed by atoms with E-state index in [-0.39, 0.29) is 4.99 Å². The van der Waals surface area contributed by atoms with E-state index >= 15 is 0 Å². The summed E-state index contributed by atoms with van der Waals surface area (Å²) in [4.78, 5) is 8.43. The largest absolute Gasteiger partial charge is 0.388 e. The Balaban J connectivity index is 2.26. The molecule has 0 aliphatic carbocycles. The molecule has 0 saturated heterocycles. The Kier molecular flexibility index (Phi) is 4.19. The van der Waals surface area contributed by atoms with Crippen molar-refractivity contribution >= 4 is 51.9 Å². The molecule has 0 unspecified atom stereocenters. The minimum atomic E-state index is 0.204. The SMILES string of the molecule is Cc1cc(Cl)c(Nc2cnc(C(N)=S)cn2)cc1Cl. The highest BCUT2D eigenvalue weighted by molar-refractivity contribution is 7.80. The van der Waals surface area contributed by atoms with Gasteiger partial charge in [0.05, 0.1) is 23.1 Å². The molecule has 0 amide bonds. The number of nitrogens with one attached hydrogen (secondary N) is 1. The van der Waals surface area contributed by atoms with Crippen molar-refractivity contribution in [2.24, 2.45) is 5.73 Å². The van der Waals surface area contributed by atoms with Crippen molar-refractivity contribution in [3.63, 3.8) is 0 Å². The molecule has 0 aliphatic heterocycles. The van der Waals surface area contributed by atoms with Crippen LogP contribution in [-0.2, 0) is 0 Å². The van der Waals surface area contributed by atoms with E-state index in [1.807, 2.05) is 6.92 Å². The van der Waals surface area contributed by atoms with Crippen LogP contribution in [0.4, 0.5) is 11.5 Å². The number of halogens is 2. The number of hydrogen-bond donors (Lipinski definition) is 2. The number of aryl methyl sites for hydroxylation is 1. The van der Waals surface area contributed by atoms with Gasteiger partial charge < -0.3 is 11.1 Å². The maximum Gasteiger partial charge on any atom is 0.148 e. The predicted molar refractivity (Wildman–Crippen MR) is 82.4 cm³/mol. The summed E-state index contributed by atoms with van der Waals surface area (Å²) in [6.45, 7) is 1.88. The maximum atomic E-state index is 6.12. The Hall–Kier alpha value is -1.43. The van der Waals surface area contributed by atoms with Crippen LogP contribution in [0.1, 0.15) is 11.3 Å². The van der Waals surface area contributed by atoms with Gasteiger partial charge in [-0.25, -0.2) is 9.97 Å². The minimum absolute atomic E-state index is 0.204. The van der Waals surface area contributed by atoms with E-state index < -0.39 is 0 Å². The van der Waals surface area contributed by atoms with Gasteiger partial charge in [-0.15, -0.1) is 0 Å². The fraction of sp³-hybridized carbons (Fsp3) is 0.0833. The molecule has 1 heterocycles. The summed E-state index contributed by atoms with van der Waals surface area (Å²) in [6.07, 6.45) is 3.02. The van der Waals surface area contributed by atoms with Gasteiger partial charge in [0.2, 0.25) is 0 Å². The monoisotopic (exact) mass is 312 g/mol.